The van der Waals surface area contributed by atoms with Crippen molar-refractivity contribution in [2.75, 3.05) is 4.72 Å². The third-order valence-corrected chi connectivity index (χ3v) is 6.47. The monoisotopic (exact) mass is 406 g/mol. The topological polar surface area (TPSA) is 95.5 Å². The van der Waals surface area contributed by atoms with Gasteiger partial charge in [0.2, 0.25) is 0 Å². The van der Waals surface area contributed by atoms with Gasteiger partial charge in [-0.2, -0.15) is 0 Å². The molecule has 28 heavy (non-hydrogen) atoms. The molecule has 1 saturated carbocycles. The average Bonchev–Trinajstić information content (AvgIpc) is 3.12. The Labute approximate surface area is 163 Å². The van der Waals surface area contributed by atoms with Crippen molar-refractivity contribution in [1.29, 1.82) is 0 Å². The lowest BCUT2D eigenvalue weighted by Crippen LogP contribution is -2.25. The molecule has 0 radical (unpaired) electrons. The van der Waals surface area contributed by atoms with Gasteiger partial charge in [0.25, 0.3) is 10.0 Å². The van der Waals surface area contributed by atoms with E-state index in [1.807, 2.05) is 6.07 Å². The third kappa shape index (κ3) is 4.69. The van der Waals surface area contributed by atoms with Gasteiger partial charge in [0.1, 0.15) is 5.82 Å². The van der Waals surface area contributed by atoms with Crippen molar-refractivity contribution in [2.45, 2.75) is 50.1 Å². The number of halogens is 1. The number of sulfonamides is 1. The fourth-order valence-electron chi connectivity index (χ4n) is 3.48. The summed E-state index contributed by atoms with van der Waals surface area (Å²) in [7, 11) is -3.93. The van der Waals surface area contributed by atoms with Crippen molar-refractivity contribution in [3.63, 3.8) is 0 Å². The van der Waals surface area contributed by atoms with E-state index in [4.69, 9.17) is 5.11 Å². The molecule has 3 N–H and O–H groups in total. The Morgan fingerprint density at radius 2 is 1.89 bits per heavy atom. The molecule has 0 aromatic heterocycles. The van der Waals surface area contributed by atoms with E-state index in [0.29, 0.717) is 18.2 Å². The molecule has 0 bridgehead atoms. The van der Waals surface area contributed by atoms with E-state index in [2.05, 4.69) is 10.0 Å². The number of rotatable bonds is 7. The van der Waals surface area contributed by atoms with Gasteiger partial charge >= 0.3 is 5.97 Å². The molecule has 0 heterocycles. The average molecular weight is 406 g/mol. The molecule has 0 amide bonds. The lowest BCUT2D eigenvalue weighted by atomic mass is 10.1. The highest BCUT2D eigenvalue weighted by molar-refractivity contribution is 7.92. The van der Waals surface area contributed by atoms with E-state index in [9.17, 15) is 17.6 Å². The summed E-state index contributed by atoms with van der Waals surface area (Å²) >= 11 is 0. The molecule has 3 rings (SSSR count). The fraction of sp³-hybridized carbons (Fsp3) is 0.350. The van der Waals surface area contributed by atoms with Gasteiger partial charge in [-0.3, -0.25) is 4.72 Å². The summed E-state index contributed by atoms with van der Waals surface area (Å²) in [6.45, 7) is 2.39. The first-order valence-corrected chi connectivity index (χ1v) is 10.6. The SMILES string of the molecule is Cc1cc(CNC2CCCC2)ccc1S(=O)(=O)Nc1ccc(C(=O)O)c(F)c1. The largest absolute Gasteiger partial charge is 0.478 e. The minimum Gasteiger partial charge on any atom is -0.478 e. The standard InChI is InChI=1S/C20H23FN2O4S/c1-13-10-14(12-22-15-4-2-3-5-15)6-9-19(13)28(26,27)23-16-7-8-17(20(24)25)18(21)11-16/h6-11,15,22-23H,2-5,12H2,1H3,(H,24,25). The maximum absolute atomic E-state index is 13.8. The number of benzene rings is 2. The molecule has 0 spiro atoms. The van der Waals surface area contributed by atoms with E-state index in [0.717, 1.165) is 17.7 Å². The van der Waals surface area contributed by atoms with Crippen molar-refractivity contribution in [3.8, 4) is 0 Å². The van der Waals surface area contributed by atoms with Crippen molar-refractivity contribution in [3.05, 3.63) is 58.9 Å². The first kappa shape index (κ1) is 20.3. The quantitative estimate of drug-likeness (QED) is 0.652. The van der Waals surface area contributed by atoms with Crippen LogP contribution in [-0.4, -0.2) is 25.5 Å². The number of hydrogen-bond acceptors (Lipinski definition) is 4. The minimum absolute atomic E-state index is 0.0334. The van der Waals surface area contributed by atoms with Crippen LogP contribution in [0.3, 0.4) is 0 Å². The third-order valence-electron chi connectivity index (χ3n) is 4.93. The molecule has 6 nitrogen and oxygen atoms in total. The summed E-state index contributed by atoms with van der Waals surface area (Å²) in [4.78, 5) is 11.0. The Bertz CT molecular complexity index is 986. The lowest BCUT2D eigenvalue weighted by Gasteiger charge is -2.14. The van der Waals surface area contributed by atoms with Gasteiger partial charge in [-0.05, 0) is 55.2 Å². The summed E-state index contributed by atoms with van der Waals surface area (Å²) in [5, 5.41) is 12.3. The van der Waals surface area contributed by atoms with Gasteiger partial charge in [-0.25, -0.2) is 17.6 Å². The van der Waals surface area contributed by atoms with Crippen LogP contribution in [0, 0.1) is 12.7 Å². The maximum atomic E-state index is 13.8. The Kier molecular flexibility index (Phi) is 6.00. The van der Waals surface area contributed by atoms with E-state index < -0.39 is 27.4 Å². The normalized spacial score (nSPS) is 14.9. The second-order valence-corrected chi connectivity index (χ2v) is 8.72. The summed E-state index contributed by atoms with van der Waals surface area (Å²) in [5.74, 6) is -2.41. The molecule has 1 aliphatic carbocycles. The number of aryl methyl sites for hydroxylation is 1. The highest BCUT2D eigenvalue weighted by Gasteiger charge is 2.19. The van der Waals surface area contributed by atoms with Crippen LogP contribution in [0.15, 0.2) is 41.3 Å². The number of nitrogens with one attached hydrogen (secondary N) is 2. The molecule has 0 saturated heterocycles. The van der Waals surface area contributed by atoms with Gasteiger partial charge in [-0.15, -0.1) is 0 Å². The number of carbonyl (C=O) groups is 1. The van der Waals surface area contributed by atoms with E-state index in [-0.39, 0.29) is 10.6 Å². The Morgan fingerprint density at radius 1 is 1.18 bits per heavy atom. The summed E-state index contributed by atoms with van der Waals surface area (Å²) < 4.78 is 41.4. The summed E-state index contributed by atoms with van der Waals surface area (Å²) in [6, 6.07) is 8.75. The van der Waals surface area contributed by atoms with Crippen LogP contribution in [0.2, 0.25) is 0 Å². The molecule has 2 aromatic rings. The van der Waals surface area contributed by atoms with Crippen LogP contribution in [0.1, 0.15) is 47.2 Å². The van der Waals surface area contributed by atoms with Crippen LogP contribution in [0.25, 0.3) is 0 Å². The first-order chi connectivity index (χ1) is 13.3. The van der Waals surface area contributed by atoms with Gasteiger partial charge in [0, 0.05) is 12.6 Å². The summed E-state index contributed by atoms with van der Waals surface area (Å²) in [6.07, 6.45) is 4.83. The van der Waals surface area contributed by atoms with Gasteiger partial charge in [0.05, 0.1) is 16.1 Å². The molecule has 1 fully saturated rings. The van der Waals surface area contributed by atoms with Crippen molar-refractivity contribution in [1.82, 2.24) is 5.32 Å². The van der Waals surface area contributed by atoms with Crippen molar-refractivity contribution < 1.29 is 22.7 Å². The molecule has 8 heteroatoms. The zero-order valence-corrected chi connectivity index (χ0v) is 16.4. The Morgan fingerprint density at radius 3 is 2.50 bits per heavy atom. The molecule has 0 atom stereocenters. The zero-order valence-electron chi connectivity index (χ0n) is 15.5. The predicted octanol–water partition coefficient (Wildman–Crippen LogP) is 3.67. The van der Waals surface area contributed by atoms with Crippen LogP contribution >= 0.6 is 0 Å². The Hall–Kier alpha value is -2.45. The second-order valence-electron chi connectivity index (χ2n) is 7.07. The van der Waals surface area contributed by atoms with E-state index in [1.54, 1.807) is 13.0 Å². The molecule has 0 aliphatic heterocycles. The highest BCUT2D eigenvalue weighted by Crippen LogP contribution is 2.23. The molecular weight excluding hydrogens is 383 g/mol. The number of aromatic carboxylic acids is 1. The number of carboxylic acid groups (broad SMARTS) is 1. The van der Waals surface area contributed by atoms with Crippen molar-refractivity contribution in [2.24, 2.45) is 0 Å². The number of hydrogen-bond donors (Lipinski definition) is 3. The molecule has 2 aromatic carbocycles. The van der Waals surface area contributed by atoms with Crippen molar-refractivity contribution >= 4 is 21.7 Å². The van der Waals surface area contributed by atoms with Crippen LogP contribution < -0.4 is 10.0 Å². The molecule has 1 aliphatic rings. The van der Waals surface area contributed by atoms with Gasteiger partial charge in [0.15, 0.2) is 0 Å². The second kappa shape index (κ2) is 8.28. The van der Waals surface area contributed by atoms with Crippen LogP contribution in [-0.2, 0) is 16.6 Å². The molecule has 150 valence electrons. The molecule has 0 unspecified atom stereocenters. The van der Waals surface area contributed by atoms with E-state index >= 15 is 0 Å². The van der Waals surface area contributed by atoms with E-state index in [1.165, 1.54) is 37.8 Å². The number of anilines is 1. The maximum Gasteiger partial charge on any atom is 0.338 e. The van der Waals surface area contributed by atoms with Gasteiger partial charge in [-0.1, -0.05) is 25.0 Å². The number of carboxylic acids is 1. The van der Waals surface area contributed by atoms with Crippen LogP contribution in [0.5, 0.6) is 0 Å². The highest BCUT2D eigenvalue weighted by atomic mass is 32.2. The van der Waals surface area contributed by atoms with Gasteiger partial charge < -0.3 is 10.4 Å². The lowest BCUT2D eigenvalue weighted by molar-refractivity contribution is 0.0692. The summed E-state index contributed by atoms with van der Waals surface area (Å²) in [5.41, 5.74) is 1.04. The smallest absolute Gasteiger partial charge is 0.338 e. The predicted molar refractivity (Wildman–Crippen MR) is 104 cm³/mol. The molecular formula is C20H23FN2O4S. The minimum atomic E-state index is -3.93. The first-order valence-electron chi connectivity index (χ1n) is 9.15. The zero-order chi connectivity index (χ0) is 20.3. The van der Waals surface area contributed by atoms with Crippen LogP contribution in [0.4, 0.5) is 10.1 Å². The Balaban J connectivity index is 1.74. The fourth-order valence-corrected chi connectivity index (χ4v) is 4.75.